The molecule has 130 valence electrons. The standard InChI is InChI=1S/C17H17N3O5/c1-3-4-7-20-15(21)12-6-5-11(8-13(12)16(20)22)17(23)24-9-14-19-18-10(2)25-14/h5-6,8H,3-4,7,9H2,1-2H3. The number of aryl methyl sites for hydroxylation is 1. The molecule has 0 radical (unpaired) electrons. The minimum atomic E-state index is -0.633. The predicted octanol–water partition coefficient (Wildman–Crippen LogP) is 2.13. The van der Waals surface area contributed by atoms with E-state index in [0.29, 0.717) is 18.0 Å². The molecule has 0 fully saturated rings. The summed E-state index contributed by atoms with van der Waals surface area (Å²) in [5, 5.41) is 7.37. The second kappa shape index (κ2) is 6.84. The molecule has 1 aromatic heterocycles. The smallest absolute Gasteiger partial charge is 0.338 e. The van der Waals surface area contributed by atoms with Crippen molar-refractivity contribution < 1.29 is 23.5 Å². The van der Waals surface area contributed by atoms with Gasteiger partial charge in [0.1, 0.15) is 0 Å². The summed E-state index contributed by atoms with van der Waals surface area (Å²) in [6.07, 6.45) is 1.62. The maximum atomic E-state index is 12.4. The Morgan fingerprint density at radius 3 is 2.64 bits per heavy atom. The average Bonchev–Trinajstić information content (AvgIpc) is 3.13. The molecule has 2 aromatic rings. The van der Waals surface area contributed by atoms with Crippen LogP contribution in [-0.4, -0.2) is 39.4 Å². The lowest BCUT2D eigenvalue weighted by atomic mass is 10.1. The van der Waals surface area contributed by atoms with Gasteiger partial charge in [-0.05, 0) is 24.6 Å². The Morgan fingerprint density at radius 1 is 1.20 bits per heavy atom. The number of ether oxygens (including phenoxy) is 1. The highest BCUT2D eigenvalue weighted by Gasteiger charge is 2.35. The molecule has 1 aliphatic heterocycles. The normalized spacial score (nSPS) is 13.3. The van der Waals surface area contributed by atoms with Crippen molar-refractivity contribution in [2.45, 2.75) is 33.3 Å². The van der Waals surface area contributed by atoms with Crippen LogP contribution in [0.5, 0.6) is 0 Å². The van der Waals surface area contributed by atoms with E-state index in [4.69, 9.17) is 9.15 Å². The first kappa shape index (κ1) is 16.8. The Labute approximate surface area is 143 Å². The molecule has 2 heterocycles. The number of fused-ring (bicyclic) bond motifs is 1. The van der Waals surface area contributed by atoms with Gasteiger partial charge in [-0.25, -0.2) is 4.79 Å². The highest BCUT2D eigenvalue weighted by atomic mass is 16.5. The first-order valence-corrected chi connectivity index (χ1v) is 7.97. The Morgan fingerprint density at radius 2 is 1.96 bits per heavy atom. The number of hydrogen-bond acceptors (Lipinski definition) is 7. The number of hydrogen-bond donors (Lipinski definition) is 0. The Kier molecular flexibility index (Phi) is 4.60. The lowest BCUT2D eigenvalue weighted by Crippen LogP contribution is -2.30. The van der Waals surface area contributed by atoms with Crippen LogP contribution in [-0.2, 0) is 11.3 Å². The van der Waals surface area contributed by atoms with Gasteiger partial charge in [-0.15, -0.1) is 10.2 Å². The third-order valence-electron chi connectivity index (χ3n) is 3.84. The van der Waals surface area contributed by atoms with E-state index in [1.54, 1.807) is 6.92 Å². The average molecular weight is 343 g/mol. The Balaban J connectivity index is 1.73. The lowest BCUT2D eigenvalue weighted by Gasteiger charge is -2.12. The van der Waals surface area contributed by atoms with E-state index >= 15 is 0 Å². The minimum Gasteiger partial charge on any atom is -0.452 e. The molecular weight excluding hydrogens is 326 g/mol. The second-order valence-electron chi connectivity index (χ2n) is 5.67. The largest absolute Gasteiger partial charge is 0.452 e. The molecule has 0 unspecified atom stereocenters. The van der Waals surface area contributed by atoms with Crippen molar-refractivity contribution in [2.24, 2.45) is 0 Å². The molecule has 0 spiro atoms. The van der Waals surface area contributed by atoms with Crippen molar-refractivity contribution in [1.29, 1.82) is 0 Å². The van der Waals surface area contributed by atoms with Gasteiger partial charge >= 0.3 is 5.97 Å². The van der Waals surface area contributed by atoms with Crippen LogP contribution in [0, 0.1) is 6.92 Å². The summed E-state index contributed by atoms with van der Waals surface area (Å²) in [6, 6.07) is 4.34. The highest BCUT2D eigenvalue weighted by Crippen LogP contribution is 2.24. The molecule has 0 atom stereocenters. The van der Waals surface area contributed by atoms with E-state index in [2.05, 4.69) is 10.2 Å². The lowest BCUT2D eigenvalue weighted by molar-refractivity contribution is 0.0436. The fourth-order valence-corrected chi connectivity index (χ4v) is 2.54. The third-order valence-corrected chi connectivity index (χ3v) is 3.84. The van der Waals surface area contributed by atoms with Crippen molar-refractivity contribution in [3.63, 3.8) is 0 Å². The van der Waals surface area contributed by atoms with Gasteiger partial charge in [-0.3, -0.25) is 14.5 Å². The van der Waals surface area contributed by atoms with Gasteiger partial charge in [0.05, 0.1) is 16.7 Å². The zero-order valence-corrected chi connectivity index (χ0v) is 13.9. The molecule has 8 heteroatoms. The quantitative estimate of drug-likeness (QED) is 0.584. The summed E-state index contributed by atoms with van der Waals surface area (Å²) in [5.74, 6) is -0.778. The zero-order chi connectivity index (χ0) is 18.0. The summed E-state index contributed by atoms with van der Waals surface area (Å²) in [7, 11) is 0. The SMILES string of the molecule is CCCCN1C(=O)c2ccc(C(=O)OCc3nnc(C)o3)cc2C1=O. The summed E-state index contributed by atoms with van der Waals surface area (Å²) in [5.41, 5.74) is 0.725. The number of esters is 1. The van der Waals surface area contributed by atoms with Crippen LogP contribution in [0.15, 0.2) is 22.6 Å². The fourth-order valence-electron chi connectivity index (χ4n) is 2.54. The maximum Gasteiger partial charge on any atom is 0.338 e. The number of rotatable bonds is 6. The predicted molar refractivity (Wildman–Crippen MR) is 84.9 cm³/mol. The van der Waals surface area contributed by atoms with Crippen molar-refractivity contribution in [2.75, 3.05) is 6.54 Å². The zero-order valence-electron chi connectivity index (χ0n) is 13.9. The molecule has 1 aromatic carbocycles. The van der Waals surface area contributed by atoms with Crippen LogP contribution in [0.2, 0.25) is 0 Å². The summed E-state index contributed by atoms with van der Waals surface area (Å²) in [4.78, 5) is 38.0. The minimum absolute atomic E-state index is 0.160. The van der Waals surface area contributed by atoms with Crippen LogP contribution in [0.1, 0.15) is 62.6 Å². The number of aromatic nitrogens is 2. The monoisotopic (exact) mass is 343 g/mol. The van der Waals surface area contributed by atoms with Crippen LogP contribution in [0.25, 0.3) is 0 Å². The van der Waals surface area contributed by atoms with E-state index in [9.17, 15) is 14.4 Å². The topological polar surface area (TPSA) is 103 Å². The molecule has 8 nitrogen and oxygen atoms in total. The van der Waals surface area contributed by atoms with E-state index in [1.807, 2.05) is 6.92 Å². The summed E-state index contributed by atoms with van der Waals surface area (Å²) >= 11 is 0. The number of unbranched alkanes of at least 4 members (excludes halogenated alkanes) is 1. The van der Waals surface area contributed by atoms with Crippen LogP contribution < -0.4 is 0 Å². The number of nitrogens with zero attached hydrogens (tertiary/aromatic N) is 3. The highest BCUT2D eigenvalue weighted by molar-refractivity contribution is 6.21. The number of imide groups is 1. The van der Waals surface area contributed by atoms with Gasteiger partial charge in [-0.1, -0.05) is 13.3 Å². The molecule has 25 heavy (non-hydrogen) atoms. The number of carbonyl (C=O) groups excluding carboxylic acids is 3. The summed E-state index contributed by atoms with van der Waals surface area (Å²) in [6.45, 7) is 3.83. The number of carbonyl (C=O) groups is 3. The van der Waals surface area contributed by atoms with Crippen LogP contribution >= 0.6 is 0 Å². The Bertz CT molecular complexity index is 843. The molecule has 1 aliphatic rings. The van der Waals surface area contributed by atoms with Gasteiger partial charge < -0.3 is 9.15 Å². The molecule has 2 amide bonds. The first-order chi connectivity index (χ1) is 12.0. The van der Waals surface area contributed by atoms with E-state index in [0.717, 1.165) is 12.8 Å². The van der Waals surface area contributed by atoms with Gasteiger partial charge in [0.15, 0.2) is 6.61 Å². The third kappa shape index (κ3) is 3.28. The van der Waals surface area contributed by atoms with Crippen molar-refractivity contribution in [1.82, 2.24) is 15.1 Å². The van der Waals surface area contributed by atoms with Gasteiger partial charge in [0.2, 0.25) is 5.89 Å². The molecule has 3 rings (SSSR count). The van der Waals surface area contributed by atoms with Crippen molar-refractivity contribution >= 4 is 17.8 Å². The van der Waals surface area contributed by atoms with E-state index in [1.165, 1.54) is 23.1 Å². The van der Waals surface area contributed by atoms with Crippen molar-refractivity contribution in [3.8, 4) is 0 Å². The molecule has 0 saturated heterocycles. The first-order valence-electron chi connectivity index (χ1n) is 7.97. The Hall–Kier alpha value is -3.03. The number of benzene rings is 1. The number of amides is 2. The van der Waals surface area contributed by atoms with Crippen LogP contribution in [0.3, 0.4) is 0 Å². The molecule has 0 aliphatic carbocycles. The fraction of sp³-hybridized carbons (Fsp3) is 0.353. The van der Waals surface area contributed by atoms with Gasteiger partial charge in [0.25, 0.3) is 17.7 Å². The molecule has 0 bridgehead atoms. The maximum absolute atomic E-state index is 12.4. The van der Waals surface area contributed by atoms with Gasteiger partial charge in [-0.2, -0.15) is 0 Å². The molecule has 0 N–H and O–H groups in total. The molecule has 0 saturated carbocycles. The molecular formula is C17H17N3O5. The van der Waals surface area contributed by atoms with Crippen molar-refractivity contribution in [3.05, 3.63) is 46.7 Å². The second-order valence-corrected chi connectivity index (χ2v) is 5.67. The van der Waals surface area contributed by atoms with Crippen LogP contribution in [0.4, 0.5) is 0 Å². The van der Waals surface area contributed by atoms with E-state index < -0.39 is 5.97 Å². The van der Waals surface area contributed by atoms with E-state index in [-0.39, 0.29) is 35.4 Å². The van der Waals surface area contributed by atoms with Gasteiger partial charge in [0, 0.05) is 13.5 Å². The summed E-state index contributed by atoms with van der Waals surface area (Å²) < 4.78 is 10.2.